The van der Waals surface area contributed by atoms with Gasteiger partial charge in [0.05, 0.1) is 13.2 Å². The van der Waals surface area contributed by atoms with E-state index in [9.17, 15) is 14.0 Å². The maximum atomic E-state index is 13.9. The molecule has 1 aromatic rings. The summed E-state index contributed by atoms with van der Waals surface area (Å²) in [5.41, 5.74) is 0.122. The van der Waals surface area contributed by atoms with E-state index < -0.39 is 23.7 Å². The largest absolute Gasteiger partial charge is 0.465 e. The van der Waals surface area contributed by atoms with Crippen LogP contribution in [0.2, 0.25) is 0 Å². The number of hydrogen-bond donors (Lipinski definition) is 0. The van der Waals surface area contributed by atoms with Gasteiger partial charge in [-0.05, 0) is 31.9 Å². The average molecular weight is 309 g/mol. The van der Waals surface area contributed by atoms with Gasteiger partial charge in [-0.1, -0.05) is 6.07 Å². The Labute approximate surface area is 127 Å². The number of esters is 2. The summed E-state index contributed by atoms with van der Waals surface area (Å²) in [5, 5.41) is 8.37. The lowest BCUT2D eigenvalue weighted by molar-refractivity contribution is -0.161. The second-order valence-electron chi connectivity index (χ2n) is 4.21. The predicted octanol–water partition coefficient (Wildman–Crippen LogP) is 1.97. The number of benzene rings is 1. The summed E-state index contributed by atoms with van der Waals surface area (Å²) < 4.78 is 28.1. The Morgan fingerprint density at radius 3 is 2.27 bits per heavy atom. The van der Waals surface area contributed by atoms with Crippen LogP contribution in [0.25, 0.3) is 0 Å². The molecule has 0 N–H and O–H groups in total. The van der Waals surface area contributed by atoms with Gasteiger partial charge in [-0.2, -0.15) is 0 Å². The lowest BCUT2D eigenvalue weighted by Gasteiger charge is -2.15. The van der Waals surface area contributed by atoms with Gasteiger partial charge >= 0.3 is 11.9 Å². The van der Waals surface area contributed by atoms with Crippen LogP contribution in [0.4, 0.5) is 4.39 Å². The molecule has 118 valence electrons. The van der Waals surface area contributed by atoms with Crippen molar-refractivity contribution in [2.75, 3.05) is 13.2 Å². The van der Waals surface area contributed by atoms with Crippen molar-refractivity contribution >= 4 is 11.9 Å². The molecule has 0 heterocycles. The molecule has 0 unspecified atom stereocenters. The molecule has 6 nitrogen and oxygen atoms in total. The standard InChI is InChI=1S/C15H16FNO5/c1-3-20-14(18)12(15(19)21-4-2)7-10-5-6-11(22-9-17)8-13(10)16/h5-6,8,12H,3-4,7H2,1-2H3. The predicted molar refractivity (Wildman–Crippen MR) is 73.1 cm³/mol. The highest BCUT2D eigenvalue weighted by Crippen LogP contribution is 2.20. The molecule has 0 saturated heterocycles. The minimum absolute atomic E-state index is 0.0348. The fourth-order valence-electron chi connectivity index (χ4n) is 1.78. The first kappa shape index (κ1) is 17.4. The third-order valence-corrected chi connectivity index (χ3v) is 2.75. The number of ether oxygens (including phenoxy) is 3. The van der Waals surface area contributed by atoms with Crippen LogP contribution < -0.4 is 4.74 Å². The Balaban J connectivity index is 2.96. The van der Waals surface area contributed by atoms with Crippen LogP contribution in [0, 0.1) is 23.3 Å². The molecule has 0 bridgehead atoms. The zero-order valence-corrected chi connectivity index (χ0v) is 12.3. The molecule has 0 atom stereocenters. The van der Waals surface area contributed by atoms with Crippen LogP contribution in [-0.2, 0) is 25.5 Å². The molecule has 1 aromatic carbocycles. The number of carbonyl (C=O) groups excluding carboxylic acids is 2. The van der Waals surface area contributed by atoms with Gasteiger partial charge in [0.1, 0.15) is 11.6 Å². The van der Waals surface area contributed by atoms with Crippen LogP contribution in [0.1, 0.15) is 19.4 Å². The molecule has 1 rings (SSSR count). The monoisotopic (exact) mass is 309 g/mol. The Hall–Kier alpha value is -2.62. The number of rotatable bonds is 7. The number of halogens is 1. The Morgan fingerprint density at radius 1 is 1.23 bits per heavy atom. The lowest BCUT2D eigenvalue weighted by Crippen LogP contribution is -2.30. The van der Waals surface area contributed by atoms with Crippen molar-refractivity contribution in [3.63, 3.8) is 0 Å². The van der Waals surface area contributed by atoms with Gasteiger partial charge in [0.25, 0.3) is 6.26 Å². The molecule has 0 amide bonds. The highest BCUT2D eigenvalue weighted by atomic mass is 19.1. The number of carbonyl (C=O) groups is 2. The minimum atomic E-state index is -1.24. The molecule has 0 aliphatic rings. The van der Waals surface area contributed by atoms with Crippen LogP contribution in [0.15, 0.2) is 18.2 Å². The number of hydrogen-bond acceptors (Lipinski definition) is 6. The van der Waals surface area contributed by atoms with Crippen LogP contribution in [-0.4, -0.2) is 25.2 Å². The minimum Gasteiger partial charge on any atom is -0.465 e. The van der Waals surface area contributed by atoms with E-state index in [1.165, 1.54) is 18.4 Å². The van der Waals surface area contributed by atoms with Gasteiger partial charge in [0.15, 0.2) is 5.92 Å². The zero-order chi connectivity index (χ0) is 16.5. The third-order valence-electron chi connectivity index (χ3n) is 2.75. The van der Waals surface area contributed by atoms with Crippen molar-refractivity contribution in [1.29, 1.82) is 5.26 Å². The van der Waals surface area contributed by atoms with E-state index in [2.05, 4.69) is 4.74 Å². The maximum absolute atomic E-state index is 13.9. The SMILES string of the molecule is CCOC(=O)C(Cc1ccc(OC#N)cc1F)C(=O)OCC. The second-order valence-corrected chi connectivity index (χ2v) is 4.21. The van der Waals surface area contributed by atoms with Gasteiger partial charge in [0, 0.05) is 6.07 Å². The first-order valence-electron chi connectivity index (χ1n) is 6.71. The summed E-state index contributed by atoms with van der Waals surface area (Å²) in [6.45, 7) is 3.42. The maximum Gasteiger partial charge on any atom is 0.320 e. The van der Waals surface area contributed by atoms with E-state index in [-0.39, 0.29) is 30.9 Å². The van der Waals surface area contributed by atoms with E-state index in [0.717, 1.165) is 6.07 Å². The van der Waals surface area contributed by atoms with Crippen LogP contribution in [0.3, 0.4) is 0 Å². The molecule has 0 aliphatic carbocycles. The summed E-state index contributed by atoms with van der Waals surface area (Å²) in [5.74, 6) is -3.42. The van der Waals surface area contributed by atoms with E-state index in [0.29, 0.717) is 0 Å². The van der Waals surface area contributed by atoms with Crippen LogP contribution >= 0.6 is 0 Å². The molecule has 22 heavy (non-hydrogen) atoms. The van der Waals surface area contributed by atoms with Gasteiger partial charge in [-0.3, -0.25) is 9.59 Å². The lowest BCUT2D eigenvalue weighted by atomic mass is 9.99. The Kier molecular flexibility index (Phi) is 6.83. The first-order valence-corrected chi connectivity index (χ1v) is 6.71. The van der Waals surface area contributed by atoms with Gasteiger partial charge < -0.3 is 14.2 Å². The molecular weight excluding hydrogens is 293 g/mol. The molecule has 0 aliphatic heterocycles. The van der Waals surface area contributed by atoms with Crippen molar-refractivity contribution in [1.82, 2.24) is 0 Å². The second kappa shape index (κ2) is 8.62. The van der Waals surface area contributed by atoms with E-state index in [1.807, 2.05) is 0 Å². The first-order chi connectivity index (χ1) is 10.5. The van der Waals surface area contributed by atoms with E-state index in [4.69, 9.17) is 14.7 Å². The molecule has 7 heteroatoms. The fraction of sp³-hybridized carbons (Fsp3) is 0.400. The van der Waals surface area contributed by atoms with E-state index in [1.54, 1.807) is 13.8 Å². The van der Waals surface area contributed by atoms with Crippen LogP contribution in [0.5, 0.6) is 5.75 Å². The van der Waals surface area contributed by atoms with Crippen molar-refractivity contribution in [3.8, 4) is 12.0 Å². The van der Waals surface area contributed by atoms with Gasteiger partial charge in [-0.25, -0.2) is 4.39 Å². The average Bonchev–Trinajstić information content (AvgIpc) is 2.47. The fourth-order valence-corrected chi connectivity index (χ4v) is 1.78. The summed E-state index contributed by atoms with van der Waals surface area (Å²) in [6, 6.07) is 3.72. The summed E-state index contributed by atoms with van der Waals surface area (Å²) >= 11 is 0. The Morgan fingerprint density at radius 2 is 1.82 bits per heavy atom. The Bertz CT molecular complexity index is 564. The summed E-state index contributed by atoms with van der Waals surface area (Å²) in [6.07, 6.45) is 1.23. The molecule has 0 saturated carbocycles. The topological polar surface area (TPSA) is 85.6 Å². The number of nitriles is 1. The normalized spacial score (nSPS) is 9.95. The molecule has 0 fully saturated rings. The van der Waals surface area contributed by atoms with Crippen molar-refractivity contribution < 1.29 is 28.2 Å². The van der Waals surface area contributed by atoms with E-state index >= 15 is 0 Å². The highest BCUT2D eigenvalue weighted by molar-refractivity contribution is 5.95. The van der Waals surface area contributed by atoms with Crippen molar-refractivity contribution in [2.45, 2.75) is 20.3 Å². The highest BCUT2D eigenvalue weighted by Gasteiger charge is 2.30. The zero-order valence-electron chi connectivity index (χ0n) is 12.3. The molecule has 0 radical (unpaired) electrons. The molecule has 0 spiro atoms. The smallest absolute Gasteiger partial charge is 0.320 e. The third kappa shape index (κ3) is 4.74. The van der Waals surface area contributed by atoms with Crippen molar-refractivity contribution in [3.05, 3.63) is 29.6 Å². The van der Waals surface area contributed by atoms with Crippen molar-refractivity contribution in [2.24, 2.45) is 5.92 Å². The quantitative estimate of drug-likeness (QED) is 0.435. The molecule has 0 aromatic heterocycles. The summed E-state index contributed by atoms with van der Waals surface area (Å²) in [4.78, 5) is 23.7. The van der Waals surface area contributed by atoms with Gasteiger partial charge in [0.2, 0.25) is 0 Å². The summed E-state index contributed by atoms with van der Waals surface area (Å²) in [7, 11) is 0. The molecular formula is C15H16FNO5. The number of nitrogens with zero attached hydrogens (tertiary/aromatic N) is 1. The van der Waals surface area contributed by atoms with Gasteiger partial charge in [-0.15, -0.1) is 5.26 Å².